The lowest BCUT2D eigenvalue weighted by Crippen LogP contribution is -2.50. The van der Waals surface area contributed by atoms with Gasteiger partial charge in [-0.25, -0.2) is 0 Å². The van der Waals surface area contributed by atoms with Crippen LogP contribution in [-0.2, 0) is 11.2 Å². The van der Waals surface area contributed by atoms with Crippen molar-refractivity contribution >= 4 is 17.4 Å². The number of nitrogens with zero attached hydrogens (tertiary/aromatic N) is 4. The normalized spacial score (nSPS) is 31.3. The summed E-state index contributed by atoms with van der Waals surface area (Å²) in [4.78, 5) is 18.8. The topological polar surface area (TPSA) is 49.3 Å². The minimum Gasteiger partial charge on any atom is -0.339 e. The minimum atomic E-state index is 0.337. The maximum Gasteiger partial charge on any atom is 0.237 e. The predicted octanol–water partition coefficient (Wildman–Crippen LogP) is 2.39. The van der Waals surface area contributed by atoms with Crippen LogP contribution in [0.5, 0.6) is 0 Å². The van der Waals surface area contributed by atoms with E-state index in [0.29, 0.717) is 30.6 Å². The highest BCUT2D eigenvalue weighted by atomic mass is 32.1. The van der Waals surface area contributed by atoms with Crippen LogP contribution < -0.4 is 0 Å². The quantitative estimate of drug-likeness (QED) is 0.858. The largest absolute Gasteiger partial charge is 0.339 e. The molecule has 1 amide bonds. The molecule has 120 valence electrons. The summed E-state index contributed by atoms with van der Waals surface area (Å²) in [7, 11) is 0. The Hall–Kier alpha value is -1.01. The maximum absolute atomic E-state index is 12.9. The van der Waals surface area contributed by atoms with Crippen LogP contribution in [0.3, 0.4) is 0 Å². The molecule has 5 nitrogen and oxygen atoms in total. The summed E-state index contributed by atoms with van der Waals surface area (Å²) in [5.74, 6) is 0.337. The van der Waals surface area contributed by atoms with E-state index in [2.05, 4.69) is 26.3 Å². The standard InChI is InChI=1S/C16H24N4OS/c1-2-11-5-3-4-8-19(11)15(21)10-20-12-6-7-14(20)16-13(9-12)17-18-22-16/h11-12,14H,2-10H2,1H3/t11-,12+,14+/m1/s1. The predicted molar refractivity (Wildman–Crippen MR) is 85.7 cm³/mol. The zero-order valence-electron chi connectivity index (χ0n) is 13.2. The Morgan fingerprint density at radius 3 is 3.09 bits per heavy atom. The van der Waals surface area contributed by atoms with Gasteiger partial charge in [0.2, 0.25) is 5.91 Å². The van der Waals surface area contributed by atoms with Crippen LogP contribution in [0.4, 0.5) is 0 Å². The lowest BCUT2D eigenvalue weighted by atomic mass is 9.99. The Bertz CT molecular complexity index is 560. The fraction of sp³-hybridized carbons (Fsp3) is 0.812. The van der Waals surface area contributed by atoms with Crippen molar-refractivity contribution in [2.24, 2.45) is 0 Å². The molecule has 0 radical (unpaired) electrons. The number of amides is 1. The van der Waals surface area contributed by atoms with Crippen LogP contribution in [-0.4, -0.2) is 50.5 Å². The van der Waals surface area contributed by atoms with Crippen molar-refractivity contribution in [3.05, 3.63) is 10.6 Å². The van der Waals surface area contributed by atoms with E-state index < -0.39 is 0 Å². The Morgan fingerprint density at radius 2 is 2.23 bits per heavy atom. The van der Waals surface area contributed by atoms with E-state index in [1.54, 1.807) is 0 Å². The number of hydrogen-bond donors (Lipinski definition) is 0. The highest BCUT2D eigenvalue weighted by Gasteiger charge is 2.43. The van der Waals surface area contributed by atoms with Gasteiger partial charge < -0.3 is 4.90 Å². The van der Waals surface area contributed by atoms with Gasteiger partial charge in [-0.2, -0.15) is 0 Å². The summed E-state index contributed by atoms with van der Waals surface area (Å²) in [5.41, 5.74) is 1.19. The number of hydrogen-bond acceptors (Lipinski definition) is 5. The molecule has 3 aliphatic heterocycles. The number of piperidine rings is 1. The van der Waals surface area contributed by atoms with Gasteiger partial charge in [-0.1, -0.05) is 11.4 Å². The van der Waals surface area contributed by atoms with Crippen molar-refractivity contribution in [1.82, 2.24) is 19.4 Å². The highest BCUT2D eigenvalue weighted by Crippen LogP contribution is 2.44. The first-order chi connectivity index (χ1) is 10.8. The van der Waals surface area contributed by atoms with Crippen molar-refractivity contribution in [2.75, 3.05) is 13.1 Å². The molecule has 3 aliphatic rings. The second kappa shape index (κ2) is 5.89. The summed E-state index contributed by atoms with van der Waals surface area (Å²) in [6.07, 6.45) is 8.03. The third-order valence-electron chi connectivity index (χ3n) is 5.70. The molecule has 0 spiro atoms. The van der Waals surface area contributed by atoms with Crippen LogP contribution in [0.1, 0.15) is 62.1 Å². The van der Waals surface area contributed by atoms with Crippen LogP contribution in [0.15, 0.2) is 0 Å². The summed E-state index contributed by atoms with van der Waals surface area (Å²) < 4.78 is 4.12. The Kier molecular flexibility index (Phi) is 3.90. The van der Waals surface area contributed by atoms with Crippen molar-refractivity contribution in [3.8, 4) is 0 Å². The number of rotatable bonds is 3. The van der Waals surface area contributed by atoms with Crippen molar-refractivity contribution in [1.29, 1.82) is 0 Å². The van der Waals surface area contributed by atoms with E-state index >= 15 is 0 Å². The van der Waals surface area contributed by atoms with E-state index in [1.165, 1.54) is 41.4 Å². The van der Waals surface area contributed by atoms with E-state index in [0.717, 1.165) is 32.2 Å². The number of carbonyl (C=O) groups excluding carboxylic acids is 1. The van der Waals surface area contributed by atoms with E-state index in [-0.39, 0.29) is 0 Å². The van der Waals surface area contributed by atoms with E-state index in [9.17, 15) is 4.79 Å². The molecule has 1 aromatic heterocycles. The van der Waals surface area contributed by atoms with E-state index in [1.807, 2.05) is 0 Å². The minimum absolute atomic E-state index is 0.337. The molecule has 0 aromatic carbocycles. The lowest BCUT2D eigenvalue weighted by molar-refractivity contribution is -0.137. The highest BCUT2D eigenvalue weighted by molar-refractivity contribution is 7.05. The van der Waals surface area contributed by atoms with Gasteiger partial charge in [0.05, 0.1) is 17.1 Å². The second-order valence-corrected chi connectivity index (χ2v) is 7.64. The fourth-order valence-electron chi connectivity index (χ4n) is 4.51. The molecule has 0 saturated carbocycles. The van der Waals surface area contributed by atoms with Crippen LogP contribution in [0.25, 0.3) is 0 Å². The number of fused-ring (bicyclic) bond motifs is 4. The van der Waals surface area contributed by atoms with Crippen LogP contribution in [0.2, 0.25) is 0 Å². The Morgan fingerprint density at radius 1 is 1.32 bits per heavy atom. The first-order valence-corrected chi connectivity index (χ1v) is 9.41. The molecular formula is C16H24N4OS. The molecule has 2 bridgehead atoms. The second-order valence-electron chi connectivity index (χ2n) is 6.85. The molecule has 2 fully saturated rings. The van der Waals surface area contributed by atoms with Gasteiger partial charge in [-0.05, 0) is 50.1 Å². The van der Waals surface area contributed by atoms with Crippen molar-refractivity contribution in [2.45, 2.75) is 70.0 Å². The van der Waals surface area contributed by atoms with Crippen LogP contribution in [0, 0.1) is 0 Å². The van der Waals surface area contributed by atoms with Crippen molar-refractivity contribution in [3.63, 3.8) is 0 Å². The monoisotopic (exact) mass is 320 g/mol. The fourth-order valence-corrected chi connectivity index (χ4v) is 5.34. The smallest absolute Gasteiger partial charge is 0.237 e. The molecule has 6 heteroatoms. The Labute approximate surface area is 135 Å². The Balaban J connectivity index is 1.48. The van der Waals surface area contributed by atoms with Gasteiger partial charge in [-0.15, -0.1) is 5.10 Å². The summed E-state index contributed by atoms with van der Waals surface area (Å²) in [6.45, 7) is 3.74. The van der Waals surface area contributed by atoms with Gasteiger partial charge in [0.25, 0.3) is 0 Å². The number of carbonyl (C=O) groups is 1. The summed E-state index contributed by atoms with van der Waals surface area (Å²) in [5, 5.41) is 4.27. The average Bonchev–Trinajstić information content (AvgIpc) is 3.12. The average molecular weight is 320 g/mol. The number of aromatic nitrogens is 2. The molecule has 0 N–H and O–H groups in total. The molecule has 2 saturated heterocycles. The first kappa shape index (κ1) is 14.6. The van der Waals surface area contributed by atoms with Gasteiger partial charge in [-0.3, -0.25) is 9.69 Å². The van der Waals surface area contributed by atoms with Gasteiger partial charge >= 0.3 is 0 Å². The van der Waals surface area contributed by atoms with Gasteiger partial charge in [0.15, 0.2) is 0 Å². The molecule has 1 aromatic rings. The summed E-state index contributed by atoms with van der Waals surface area (Å²) in [6, 6.07) is 1.35. The van der Waals surface area contributed by atoms with Gasteiger partial charge in [0.1, 0.15) is 0 Å². The molecule has 3 atom stereocenters. The molecule has 0 unspecified atom stereocenters. The maximum atomic E-state index is 12.9. The zero-order chi connectivity index (χ0) is 15.1. The molecule has 4 rings (SSSR count). The lowest BCUT2D eigenvalue weighted by Gasteiger charge is -2.39. The molecule has 0 aliphatic carbocycles. The van der Waals surface area contributed by atoms with Crippen LogP contribution >= 0.6 is 11.5 Å². The SMILES string of the molecule is CC[C@@H]1CCCCN1C(=O)CN1[C@H]2CC[C@H]1c1snnc1C2. The number of likely N-dealkylation sites (tertiary alicyclic amines) is 1. The third-order valence-corrected chi connectivity index (χ3v) is 6.56. The molecule has 4 heterocycles. The summed E-state index contributed by atoms with van der Waals surface area (Å²) >= 11 is 1.53. The van der Waals surface area contributed by atoms with Gasteiger partial charge in [0, 0.05) is 31.1 Å². The molecule has 22 heavy (non-hydrogen) atoms. The third kappa shape index (κ3) is 2.36. The van der Waals surface area contributed by atoms with E-state index in [4.69, 9.17) is 0 Å². The van der Waals surface area contributed by atoms with Crippen molar-refractivity contribution < 1.29 is 4.79 Å². The molecular weight excluding hydrogens is 296 g/mol. The first-order valence-electron chi connectivity index (χ1n) is 8.64. The zero-order valence-corrected chi connectivity index (χ0v) is 14.0.